The number of rotatable bonds is 4. The lowest BCUT2D eigenvalue weighted by atomic mass is 9.93. The first-order valence-corrected chi connectivity index (χ1v) is 8.72. The Hall–Kier alpha value is -1.07. The Morgan fingerprint density at radius 2 is 2.05 bits per heavy atom. The number of nitrogens with one attached hydrogen (secondary N) is 1. The number of fused-ring (bicyclic) bond motifs is 1. The zero-order valence-corrected chi connectivity index (χ0v) is 13.5. The van der Waals surface area contributed by atoms with Gasteiger partial charge in [-0.2, -0.15) is 0 Å². The van der Waals surface area contributed by atoms with Crippen molar-refractivity contribution in [2.24, 2.45) is 0 Å². The maximum absolute atomic E-state index is 12.0. The summed E-state index contributed by atoms with van der Waals surface area (Å²) in [6.07, 6.45) is 2.35. The predicted molar refractivity (Wildman–Crippen MR) is 81.0 cm³/mol. The largest absolute Gasteiger partial charge is 0.490 e. The van der Waals surface area contributed by atoms with Gasteiger partial charge < -0.3 is 10.1 Å². The highest BCUT2D eigenvalue weighted by atomic mass is 32.2. The molecule has 0 saturated heterocycles. The van der Waals surface area contributed by atoms with Gasteiger partial charge in [0, 0.05) is 12.7 Å². The first-order valence-electron chi connectivity index (χ1n) is 6.83. The summed E-state index contributed by atoms with van der Waals surface area (Å²) in [5, 5.41) is 3.15. The Morgan fingerprint density at radius 1 is 1.40 bits per heavy atom. The number of benzene rings is 1. The highest BCUT2D eigenvalue weighted by Gasteiger charge is 2.39. The minimum Gasteiger partial charge on any atom is -0.490 e. The van der Waals surface area contributed by atoms with Gasteiger partial charge in [0.05, 0.1) is 10.8 Å². The standard InChI is InChI=1S/C15H23NO3S/c1-10-8-12-9-11(6-7-13(12)19-10)14(16-4)15(2,3)20(5,17)18/h6-7,9-10,14,16H,8H2,1-5H3. The van der Waals surface area contributed by atoms with E-state index in [4.69, 9.17) is 4.74 Å². The molecule has 1 N–H and O–H groups in total. The van der Waals surface area contributed by atoms with Crippen molar-refractivity contribution in [1.29, 1.82) is 0 Å². The summed E-state index contributed by atoms with van der Waals surface area (Å²) < 4.78 is 28.9. The summed E-state index contributed by atoms with van der Waals surface area (Å²) in [6.45, 7) is 5.56. The molecule has 4 nitrogen and oxygen atoms in total. The third-order valence-electron chi connectivity index (χ3n) is 4.19. The fraction of sp³-hybridized carbons (Fsp3) is 0.600. The topological polar surface area (TPSA) is 55.4 Å². The first kappa shape index (κ1) is 15.3. The summed E-state index contributed by atoms with van der Waals surface area (Å²) in [6, 6.07) is 5.70. The van der Waals surface area contributed by atoms with Crippen LogP contribution in [0.2, 0.25) is 0 Å². The lowest BCUT2D eigenvalue weighted by Crippen LogP contribution is -2.43. The van der Waals surface area contributed by atoms with E-state index in [9.17, 15) is 8.42 Å². The summed E-state index contributed by atoms with van der Waals surface area (Å²) in [7, 11) is -1.38. The Kier molecular flexibility index (Phi) is 3.86. The lowest BCUT2D eigenvalue weighted by molar-refractivity contribution is 0.254. The molecule has 0 aliphatic carbocycles. The quantitative estimate of drug-likeness (QED) is 0.924. The van der Waals surface area contributed by atoms with E-state index in [1.165, 1.54) is 6.26 Å². The number of ether oxygens (including phenoxy) is 1. The molecule has 0 saturated carbocycles. The minimum atomic E-state index is -3.18. The Labute approximate surface area is 121 Å². The van der Waals surface area contributed by atoms with Gasteiger partial charge in [-0.3, -0.25) is 0 Å². The van der Waals surface area contributed by atoms with Crippen LogP contribution in [0, 0.1) is 0 Å². The van der Waals surface area contributed by atoms with Gasteiger partial charge in [0.25, 0.3) is 0 Å². The van der Waals surface area contributed by atoms with Gasteiger partial charge in [0.15, 0.2) is 9.84 Å². The maximum Gasteiger partial charge on any atom is 0.154 e. The Bertz CT molecular complexity index is 608. The van der Waals surface area contributed by atoms with Crippen LogP contribution in [-0.2, 0) is 16.3 Å². The predicted octanol–water partition coefficient (Wildman–Crippen LogP) is 2.09. The van der Waals surface area contributed by atoms with Gasteiger partial charge in [0.2, 0.25) is 0 Å². The van der Waals surface area contributed by atoms with Crippen LogP contribution in [0.4, 0.5) is 0 Å². The van der Waals surface area contributed by atoms with Crippen molar-refractivity contribution in [3.05, 3.63) is 29.3 Å². The molecule has 1 heterocycles. The van der Waals surface area contributed by atoms with Crippen LogP contribution in [0.1, 0.15) is 37.9 Å². The van der Waals surface area contributed by atoms with Gasteiger partial charge in [-0.15, -0.1) is 0 Å². The molecule has 1 aromatic rings. The molecule has 0 bridgehead atoms. The van der Waals surface area contributed by atoms with Gasteiger partial charge >= 0.3 is 0 Å². The molecule has 2 rings (SSSR count). The van der Waals surface area contributed by atoms with Crippen molar-refractivity contribution in [1.82, 2.24) is 5.32 Å². The monoisotopic (exact) mass is 297 g/mol. The third kappa shape index (κ3) is 2.56. The van der Waals surface area contributed by atoms with Crippen molar-refractivity contribution in [3.63, 3.8) is 0 Å². The van der Waals surface area contributed by atoms with Crippen LogP contribution in [0.25, 0.3) is 0 Å². The zero-order valence-electron chi connectivity index (χ0n) is 12.7. The smallest absolute Gasteiger partial charge is 0.154 e. The molecule has 112 valence electrons. The van der Waals surface area contributed by atoms with E-state index >= 15 is 0 Å². The van der Waals surface area contributed by atoms with E-state index in [-0.39, 0.29) is 12.1 Å². The van der Waals surface area contributed by atoms with Gasteiger partial charge in [0.1, 0.15) is 11.9 Å². The minimum absolute atomic E-state index is 0.191. The molecule has 1 aromatic carbocycles. The van der Waals surface area contributed by atoms with Crippen molar-refractivity contribution in [2.45, 2.75) is 44.1 Å². The molecule has 1 aliphatic rings. The van der Waals surface area contributed by atoms with Crippen LogP contribution >= 0.6 is 0 Å². The third-order valence-corrected chi connectivity index (χ3v) is 6.34. The molecule has 2 unspecified atom stereocenters. The van der Waals surface area contributed by atoms with Crippen molar-refractivity contribution in [2.75, 3.05) is 13.3 Å². The lowest BCUT2D eigenvalue weighted by Gasteiger charge is -2.33. The highest BCUT2D eigenvalue weighted by molar-refractivity contribution is 7.92. The van der Waals surface area contributed by atoms with Gasteiger partial charge in [-0.05, 0) is 45.0 Å². The number of hydrogen-bond donors (Lipinski definition) is 1. The zero-order chi connectivity index (χ0) is 15.1. The fourth-order valence-electron chi connectivity index (χ4n) is 2.75. The first-order chi connectivity index (χ1) is 9.16. The summed E-state index contributed by atoms with van der Waals surface area (Å²) >= 11 is 0. The molecule has 0 amide bonds. The van der Waals surface area contributed by atoms with Gasteiger partial charge in [-0.1, -0.05) is 12.1 Å². The Morgan fingerprint density at radius 3 is 2.60 bits per heavy atom. The van der Waals surface area contributed by atoms with E-state index in [1.807, 2.05) is 19.1 Å². The van der Waals surface area contributed by atoms with Crippen molar-refractivity contribution in [3.8, 4) is 5.75 Å². The maximum atomic E-state index is 12.0. The molecule has 5 heteroatoms. The average molecular weight is 297 g/mol. The van der Waals surface area contributed by atoms with Crippen LogP contribution < -0.4 is 10.1 Å². The van der Waals surface area contributed by atoms with E-state index in [0.29, 0.717) is 0 Å². The molecular formula is C15H23NO3S. The van der Waals surface area contributed by atoms with Crippen molar-refractivity contribution < 1.29 is 13.2 Å². The van der Waals surface area contributed by atoms with Crippen LogP contribution in [0.5, 0.6) is 5.75 Å². The normalized spacial score (nSPS) is 20.4. The van der Waals surface area contributed by atoms with E-state index < -0.39 is 14.6 Å². The van der Waals surface area contributed by atoms with Crippen LogP contribution in [0.15, 0.2) is 18.2 Å². The average Bonchev–Trinajstić information content (AvgIpc) is 2.67. The SMILES string of the molecule is CNC(c1ccc2c(c1)CC(C)O2)C(C)(C)S(C)(=O)=O. The Balaban J connectivity index is 2.42. The molecular weight excluding hydrogens is 274 g/mol. The summed E-state index contributed by atoms with van der Waals surface area (Å²) in [5.74, 6) is 0.910. The van der Waals surface area contributed by atoms with E-state index in [0.717, 1.165) is 23.3 Å². The highest BCUT2D eigenvalue weighted by Crippen LogP contribution is 2.36. The van der Waals surface area contributed by atoms with E-state index in [2.05, 4.69) is 11.4 Å². The van der Waals surface area contributed by atoms with Crippen molar-refractivity contribution >= 4 is 9.84 Å². The fourth-order valence-corrected chi connectivity index (χ4v) is 3.43. The second-order valence-electron chi connectivity index (χ2n) is 6.10. The molecule has 2 atom stereocenters. The van der Waals surface area contributed by atoms with E-state index in [1.54, 1.807) is 20.9 Å². The molecule has 0 fully saturated rings. The molecule has 1 aliphatic heterocycles. The molecule has 20 heavy (non-hydrogen) atoms. The molecule has 0 radical (unpaired) electrons. The van der Waals surface area contributed by atoms with Gasteiger partial charge in [-0.25, -0.2) is 8.42 Å². The molecule has 0 spiro atoms. The molecule has 0 aromatic heterocycles. The number of sulfone groups is 1. The number of hydrogen-bond acceptors (Lipinski definition) is 4. The van der Waals surface area contributed by atoms with Crippen LogP contribution in [-0.4, -0.2) is 32.6 Å². The second kappa shape index (κ2) is 5.04. The van der Waals surface area contributed by atoms with Crippen LogP contribution in [0.3, 0.4) is 0 Å². The summed E-state index contributed by atoms with van der Waals surface area (Å²) in [5.41, 5.74) is 2.14. The summed E-state index contributed by atoms with van der Waals surface area (Å²) in [4.78, 5) is 0. The second-order valence-corrected chi connectivity index (χ2v) is 8.69.